The van der Waals surface area contributed by atoms with E-state index in [4.69, 9.17) is 17.3 Å². The average molecular weight is 268 g/mol. The molecule has 1 saturated carbocycles. The predicted octanol–water partition coefficient (Wildman–Crippen LogP) is 3.21. The quantitative estimate of drug-likeness (QED) is 0.823. The number of likely N-dealkylation sites (N-methyl/N-ethyl adjacent to an activating group) is 1. The van der Waals surface area contributed by atoms with E-state index in [1.165, 1.54) is 25.7 Å². The Balaban J connectivity index is 2.08. The standard InChI is InChI=1S/C14H22ClN3/c1-18(2)14(8-3-4-9-14)10-17-12-7-5-6-11(15)13(12)16/h5-7,17H,3-4,8-10,16H2,1-2H3. The minimum absolute atomic E-state index is 0.259. The van der Waals surface area contributed by atoms with Crippen molar-refractivity contribution in [3.63, 3.8) is 0 Å². The second-order valence-corrected chi connectivity index (χ2v) is 5.79. The van der Waals surface area contributed by atoms with E-state index in [1.54, 1.807) is 0 Å². The summed E-state index contributed by atoms with van der Waals surface area (Å²) in [5, 5.41) is 4.08. The molecule has 0 amide bonds. The molecule has 0 bridgehead atoms. The van der Waals surface area contributed by atoms with Crippen LogP contribution >= 0.6 is 11.6 Å². The summed E-state index contributed by atoms with van der Waals surface area (Å²) in [6.07, 6.45) is 5.11. The predicted molar refractivity (Wildman–Crippen MR) is 79.2 cm³/mol. The molecule has 0 aromatic heterocycles. The summed E-state index contributed by atoms with van der Waals surface area (Å²) in [6.45, 7) is 0.921. The number of hydrogen-bond donors (Lipinski definition) is 2. The second-order valence-electron chi connectivity index (χ2n) is 5.38. The van der Waals surface area contributed by atoms with Crippen molar-refractivity contribution in [2.45, 2.75) is 31.2 Å². The van der Waals surface area contributed by atoms with Gasteiger partial charge < -0.3 is 16.0 Å². The largest absolute Gasteiger partial charge is 0.396 e. The van der Waals surface area contributed by atoms with Gasteiger partial charge in [0.05, 0.1) is 16.4 Å². The lowest BCUT2D eigenvalue weighted by Gasteiger charge is -2.37. The van der Waals surface area contributed by atoms with E-state index in [0.29, 0.717) is 10.7 Å². The van der Waals surface area contributed by atoms with Gasteiger partial charge in [-0.1, -0.05) is 30.5 Å². The van der Waals surface area contributed by atoms with Crippen LogP contribution in [0.3, 0.4) is 0 Å². The van der Waals surface area contributed by atoms with Gasteiger partial charge in [0.25, 0.3) is 0 Å². The van der Waals surface area contributed by atoms with Gasteiger partial charge in [-0.15, -0.1) is 0 Å². The van der Waals surface area contributed by atoms with Crippen molar-refractivity contribution in [3.8, 4) is 0 Å². The summed E-state index contributed by atoms with van der Waals surface area (Å²) >= 11 is 6.03. The van der Waals surface area contributed by atoms with E-state index >= 15 is 0 Å². The third kappa shape index (κ3) is 2.57. The number of anilines is 2. The van der Waals surface area contributed by atoms with Crippen molar-refractivity contribution in [1.82, 2.24) is 4.90 Å². The number of hydrogen-bond acceptors (Lipinski definition) is 3. The SMILES string of the molecule is CN(C)C1(CNc2cccc(Cl)c2N)CCCC1. The molecule has 3 nitrogen and oxygen atoms in total. The first-order chi connectivity index (χ1) is 8.55. The first-order valence-electron chi connectivity index (χ1n) is 6.50. The number of nitrogens with zero attached hydrogens (tertiary/aromatic N) is 1. The van der Waals surface area contributed by atoms with Crippen molar-refractivity contribution in [1.29, 1.82) is 0 Å². The lowest BCUT2D eigenvalue weighted by atomic mass is 9.96. The van der Waals surface area contributed by atoms with Crippen LogP contribution < -0.4 is 11.1 Å². The van der Waals surface area contributed by atoms with Crippen LogP contribution in [0.5, 0.6) is 0 Å². The van der Waals surface area contributed by atoms with Crippen LogP contribution in [0.15, 0.2) is 18.2 Å². The highest BCUT2D eigenvalue weighted by molar-refractivity contribution is 6.33. The molecule has 1 aromatic carbocycles. The average Bonchev–Trinajstić information content (AvgIpc) is 2.81. The van der Waals surface area contributed by atoms with Crippen LogP contribution in [-0.2, 0) is 0 Å². The summed E-state index contributed by atoms with van der Waals surface area (Å²) in [5.41, 5.74) is 7.82. The molecule has 100 valence electrons. The third-order valence-electron chi connectivity index (χ3n) is 4.14. The summed E-state index contributed by atoms with van der Waals surface area (Å²) in [4.78, 5) is 2.34. The van der Waals surface area contributed by atoms with E-state index in [0.717, 1.165) is 12.2 Å². The molecular weight excluding hydrogens is 246 g/mol. The molecule has 4 heteroatoms. The van der Waals surface area contributed by atoms with Crippen molar-refractivity contribution >= 4 is 23.0 Å². The summed E-state index contributed by atoms with van der Waals surface area (Å²) in [5.74, 6) is 0. The van der Waals surface area contributed by atoms with Crippen LogP contribution in [0.2, 0.25) is 5.02 Å². The Labute approximate surface area is 114 Å². The number of nitrogens with two attached hydrogens (primary N) is 1. The maximum absolute atomic E-state index is 6.03. The summed E-state index contributed by atoms with van der Waals surface area (Å²) in [7, 11) is 4.32. The van der Waals surface area contributed by atoms with E-state index in [-0.39, 0.29) is 5.54 Å². The highest BCUT2D eigenvalue weighted by Crippen LogP contribution is 2.35. The Kier molecular flexibility index (Phi) is 4.03. The first-order valence-corrected chi connectivity index (χ1v) is 6.88. The summed E-state index contributed by atoms with van der Waals surface area (Å²) in [6, 6.07) is 5.73. The van der Waals surface area contributed by atoms with Crippen LogP contribution in [0.1, 0.15) is 25.7 Å². The molecule has 0 unspecified atom stereocenters. The van der Waals surface area contributed by atoms with Crippen LogP contribution in [0.25, 0.3) is 0 Å². The number of para-hydroxylation sites is 1. The van der Waals surface area contributed by atoms with Crippen molar-refractivity contribution in [2.75, 3.05) is 31.7 Å². The van der Waals surface area contributed by atoms with Crippen LogP contribution in [0.4, 0.5) is 11.4 Å². The van der Waals surface area contributed by atoms with Gasteiger partial charge in [0, 0.05) is 12.1 Å². The second kappa shape index (κ2) is 5.37. The van der Waals surface area contributed by atoms with E-state index in [2.05, 4.69) is 24.3 Å². The zero-order chi connectivity index (χ0) is 13.2. The zero-order valence-corrected chi connectivity index (χ0v) is 11.9. The maximum Gasteiger partial charge on any atom is 0.0739 e. The fourth-order valence-electron chi connectivity index (χ4n) is 2.77. The molecule has 2 rings (SSSR count). The van der Waals surface area contributed by atoms with Crippen LogP contribution in [0, 0.1) is 0 Å². The topological polar surface area (TPSA) is 41.3 Å². The van der Waals surface area contributed by atoms with Crippen LogP contribution in [-0.4, -0.2) is 31.1 Å². The molecule has 0 atom stereocenters. The molecule has 0 spiro atoms. The maximum atomic E-state index is 6.03. The van der Waals surface area contributed by atoms with Gasteiger partial charge in [0.2, 0.25) is 0 Å². The minimum atomic E-state index is 0.259. The van der Waals surface area contributed by atoms with Gasteiger partial charge in [-0.05, 0) is 39.1 Å². The van der Waals surface area contributed by atoms with Gasteiger partial charge in [-0.2, -0.15) is 0 Å². The molecule has 1 aliphatic rings. The molecule has 1 aliphatic carbocycles. The number of nitrogens with one attached hydrogen (secondary N) is 1. The Morgan fingerprint density at radius 2 is 2.00 bits per heavy atom. The number of rotatable bonds is 4. The smallest absolute Gasteiger partial charge is 0.0739 e. The molecule has 18 heavy (non-hydrogen) atoms. The van der Waals surface area contributed by atoms with Crippen molar-refractivity contribution < 1.29 is 0 Å². The minimum Gasteiger partial charge on any atom is -0.396 e. The Bertz CT molecular complexity index is 412. The molecular formula is C14H22ClN3. The van der Waals surface area contributed by atoms with Gasteiger partial charge in [0.1, 0.15) is 0 Å². The Hall–Kier alpha value is -0.930. The first kappa shape index (κ1) is 13.5. The van der Waals surface area contributed by atoms with Gasteiger partial charge in [0.15, 0.2) is 0 Å². The monoisotopic (exact) mass is 267 g/mol. The van der Waals surface area contributed by atoms with E-state index in [9.17, 15) is 0 Å². The fourth-order valence-corrected chi connectivity index (χ4v) is 2.94. The van der Waals surface area contributed by atoms with Gasteiger partial charge in [-0.3, -0.25) is 0 Å². The molecule has 1 fully saturated rings. The third-order valence-corrected chi connectivity index (χ3v) is 4.47. The lowest BCUT2D eigenvalue weighted by molar-refractivity contribution is 0.172. The number of benzene rings is 1. The Morgan fingerprint density at radius 3 is 2.61 bits per heavy atom. The van der Waals surface area contributed by atoms with Gasteiger partial charge in [-0.25, -0.2) is 0 Å². The normalized spacial score (nSPS) is 18.2. The highest BCUT2D eigenvalue weighted by Gasteiger charge is 2.35. The summed E-state index contributed by atoms with van der Waals surface area (Å²) < 4.78 is 0. The molecule has 0 heterocycles. The molecule has 3 N–H and O–H groups in total. The fraction of sp³-hybridized carbons (Fsp3) is 0.571. The zero-order valence-electron chi connectivity index (χ0n) is 11.2. The van der Waals surface area contributed by atoms with E-state index in [1.807, 2.05) is 18.2 Å². The molecule has 0 aliphatic heterocycles. The van der Waals surface area contributed by atoms with Crippen molar-refractivity contribution in [3.05, 3.63) is 23.2 Å². The number of nitrogen functional groups attached to an aromatic ring is 1. The van der Waals surface area contributed by atoms with Gasteiger partial charge >= 0.3 is 0 Å². The lowest BCUT2D eigenvalue weighted by Crippen LogP contribution is -2.47. The molecule has 0 saturated heterocycles. The molecule has 0 radical (unpaired) electrons. The Morgan fingerprint density at radius 1 is 1.33 bits per heavy atom. The van der Waals surface area contributed by atoms with E-state index < -0.39 is 0 Å². The molecule has 1 aromatic rings. The number of halogens is 1. The highest BCUT2D eigenvalue weighted by atomic mass is 35.5. The van der Waals surface area contributed by atoms with Crippen molar-refractivity contribution in [2.24, 2.45) is 0 Å².